The molecule has 1 atom stereocenters. The van der Waals surface area contributed by atoms with Gasteiger partial charge in [-0.2, -0.15) is 0 Å². The molecule has 0 radical (unpaired) electrons. The highest BCUT2D eigenvalue weighted by Crippen LogP contribution is 2.33. The van der Waals surface area contributed by atoms with E-state index in [9.17, 15) is 0 Å². The van der Waals surface area contributed by atoms with E-state index in [1.807, 2.05) is 42.5 Å². The molecule has 0 aliphatic carbocycles. The summed E-state index contributed by atoms with van der Waals surface area (Å²) in [4.78, 5) is 0. The van der Waals surface area contributed by atoms with Gasteiger partial charge in [0.15, 0.2) is 0 Å². The summed E-state index contributed by atoms with van der Waals surface area (Å²) in [6.07, 6.45) is 0. The van der Waals surface area contributed by atoms with Crippen LogP contribution in [0, 0.1) is 0 Å². The fraction of sp³-hybridized carbons (Fsp3) is 0.250. The standard InChI is InChI=1S/C16H20N2O3/c1-19-12-6-4-11(5-7-12)16(18-17)14-10-13(20-2)8-9-15(14)21-3/h4-10,16,18H,17H2,1-3H3. The summed E-state index contributed by atoms with van der Waals surface area (Å²) in [7, 11) is 4.90. The minimum absolute atomic E-state index is 0.207. The topological polar surface area (TPSA) is 65.7 Å². The van der Waals surface area contributed by atoms with Gasteiger partial charge in [-0.05, 0) is 35.9 Å². The van der Waals surface area contributed by atoms with Crippen molar-refractivity contribution in [3.8, 4) is 17.2 Å². The Kier molecular flexibility index (Phi) is 5.03. The minimum Gasteiger partial charge on any atom is -0.497 e. The van der Waals surface area contributed by atoms with Crippen LogP contribution in [-0.2, 0) is 0 Å². The van der Waals surface area contributed by atoms with Gasteiger partial charge in [0.25, 0.3) is 0 Å². The summed E-state index contributed by atoms with van der Waals surface area (Å²) in [5.41, 5.74) is 4.73. The molecule has 0 saturated carbocycles. The molecule has 5 heteroatoms. The number of methoxy groups -OCH3 is 3. The van der Waals surface area contributed by atoms with Crippen LogP contribution in [0.1, 0.15) is 17.2 Å². The zero-order valence-electron chi connectivity index (χ0n) is 12.4. The summed E-state index contributed by atoms with van der Waals surface area (Å²) in [5, 5.41) is 0. The van der Waals surface area contributed by atoms with E-state index in [1.54, 1.807) is 21.3 Å². The summed E-state index contributed by atoms with van der Waals surface area (Å²) in [6.45, 7) is 0. The van der Waals surface area contributed by atoms with Crippen molar-refractivity contribution in [2.75, 3.05) is 21.3 Å². The molecule has 3 N–H and O–H groups in total. The molecule has 0 saturated heterocycles. The van der Waals surface area contributed by atoms with Gasteiger partial charge in [0.1, 0.15) is 17.2 Å². The Bertz CT molecular complexity index is 585. The minimum atomic E-state index is -0.207. The van der Waals surface area contributed by atoms with E-state index in [4.69, 9.17) is 20.1 Å². The second kappa shape index (κ2) is 6.97. The average Bonchev–Trinajstić information content (AvgIpc) is 2.56. The monoisotopic (exact) mass is 288 g/mol. The first-order valence-electron chi connectivity index (χ1n) is 6.55. The number of nitrogens with one attached hydrogen (secondary N) is 1. The zero-order valence-corrected chi connectivity index (χ0v) is 12.4. The van der Waals surface area contributed by atoms with E-state index < -0.39 is 0 Å². The van der Waals surface area contributed by atoms with Crippen LogP contribution < -0.4 is 25.5 Å². The van der Waals surface area contributed by atoms with Crippen molar-refractivity contribution in [3.63, 3.8) is 0 Å². The van der Waals surface area contributed by atoms with Crippen molar-refractivity contribution < 1.29 is 14.2 Å². The second-order valence-electron chi connectivity index (χ2n) is 4.48. The molecule has 2 aromatic rings. The van der Waals surface area contributed by atoms with Crippen LogP contribution in [0.2, 0.25) is 0 Å². The van der Waals surface area contributed by atoms with E-state index in [2.05, 4.69) is 5.43 Å². The summed E-state index contributed by atoms with van der Waals surface area (Å²) < 4.78 is 15.9. The highest BCUT2D eigenvalue weighted by Gasteiger charge is 2.18. The van der Waals surface area contributed by atoms with E-state index in [0.717, 1.165) is 28.4 Å². The molecule has 5 nitrogen and oxygen atoms in total. The fourth-order valence-corrected chi connectivity index (χ4v) is 2.23. The summed E-state index contributed by atoms with van der Waals surface area (Å²) >= 11 is 0. The van der Waals surface area contributed by atoms with Gasteiger partial charge in [-0.1, -0.05) is 12.1 Å². The Balaban J connectivity index is 2.43. The molecule has 21 heavy (non-hydrogen) atoms. The molecule has 2 rings (SSSR count). The van der Waals surface area contributed by atoms with Crippen LogP contribution in [0.3, 0.4) is 0 Å². The Morgan fingerprint density at radius 1 is 0.857 bits per heavy atom. The maximum atomic E-state index is 5.74. The van der Waals surface area contributed by atoms with Crippen LogP contribution in [0.4, 0.5) is 0 Å². The molecule has 112 valence electrons. The number of hydrazine groups is 1. The average molecular weight is 288 g/mol. The first-order valence-corrected chi connectivity index (χ1v) is 6.55. The van der Waals surface area contributed by atoms with Crippen molar-refractivity contribution in [2.24, 2.45) is 5.84 Å². The van der Waals surface area contributed by atoms with E-state index in [1.165, 1.54) is 0 Å². The lowest BCUT2D eigenvalue weighted by atomic mass is 9.98. The van der Waals surface area contributed by atoms with E-state index in [-0.39, 0.29) is 6.04 Å². The van der Waals surface area contributed by atoms with E-state index in [0.29, 0.717) is 0 Å². The lowest BCUT2D eigenvalue weighted by Gasteiger charge is -2.20. The Hall–Kier alpha value is -2.24. The maximum Gasteiger partial charge on any atom is 0.124 e. The summed E-state index contributed by atoms with van der Waals surface area (Å²) in [5.74, 6) is 8.04. The SMILES string of the molecule is COc1ccc(C(NN)c2cc(OC)ccc2OC)cc1. The van der Waals surface area contributed by atoms with Gasteiger partial charge in [0.05, 0.1) is 27.4 Å². The number of hydrogen-bond acceptors (Lipinski definition) is 5. The highest BCUT2D eigenvalue weighted by atomic mass is 16.5. The molecular weight excluding hydrogens is 268 g/mol. The first-order chi connectivity index (χ1) is 10.2. The van der Waals surface area contributed by atoms with Crippen molar-refractivity contribution in [2.45, 2.75) is 6.04 Å². The number of nitrogens with two attached hydrogens (primary N) is 1. The zero-order chi connectivity index (χ0) is 15.2. The third-order valence-corrected chi connectivity index (χ3v) is 3.36. The van der Waals surface area contributed by atoms with Crippen molar-refractivity contribution >= 4 is 0 Å². The summed E-state index contributed by atoms with van der Waals surface area (Å²) in [6, 6.07) is 13.1. The van der Waals surface area contributed by atoms with Gasteiger partial charge >= 0.3 is 0 Å². The smallest absolute Gasteiger partial charge is 0.124 e. The third-order valence-electron chi connectivity index (χ3n) is 3.36. The number of ether oxygens (including phenoxy) is 3. The normalized spacial score (nSPS) is 11.8. The molecule has 0 spiro atoms. The van der Waals surface area contributed by atoms with Gasteiger partial charge < -0.3 is 14.2 Å². The molecule has 0 aliphatic heterocycles. The van der Waals surface area contributed by atoms with Crippen LogP contribution in [0.25, 0.3) is 0 Å². The molecule has 0 amide bonds. The molecule has 0 aromatic heterocycles. The van der Waals surface area contributed by atoms with Crippen LogP contribution in [-0.4, -0.2) is 21.3 Å². The maximum absolute atomic E-state index is 5.74. The Morgan fingerprint density at radius 2 is 1.48 bits per heavy atom. The number of hydrogen-bond donors (Lipinski definition) is 2. The predicted octanol–water partition coefficient (Wildman–Crippen LogP) is 2.27. The predicted molar refractivity (Wildman–Crippen MR) is 81.7 cm³/mol. The van der Waals surface area contributed by atoms with Gasteiger partial charge in [-0.15, -0.1) is 0 Å². The second-order valence-corrected chi connectivity index (χ2v) is 4.48. The highest BCUT2D eigenvalue weighted by molar-refractivity contribution is 5.46. The molecule has 0 aliphatic rings. The molecule has 0 bridgehead atoms. The largest absolute Gasteiger partial charge is 0.497 e. The lowest BCUT2D eigenvalue weighted by molar-refractivity contribution is 0.394. The van der Waals surface area contributed by atoms with Crippen LogP contribution in [0.15, 0.2) is 42.5 Å². The van der Waals surface area contributed by atoms with Gasteiger partial charge in [-0.25, -0.2) is 5.43 Å². The third kappa shape index (κ3) is 3.26. The Labute approximate surface area is 124 Å². The first kappa shape index (κ1) is 15.2. The van der Waals surface area contributed by atoms with Gasteiger partial charge in [0, 0.05) is 5.56 Å². The Morgan fingerprint density at radius 3 is 2.00 bits per heavy atom. The van der Waals surface area contributed by atoms with Crippen LogP contribution >= 0.6 is 0 Å². The fourth-order valence-electron chi connectivity index (χ4n) is 2.23. The number of rotatable bonds is 6. The van der Waals surface area contributed by atoms with Gasteiger partial charge in [-0.3, -0.25) is 5.84 Å². The lowest BCUT2D eigenvalue weighted by Crippen LogP contribution is -2.29. The van der Waals surface area contributed by atoms with Crippen LogP contribution in [0.5, 0.6) is 17.2 Å². The van der Waals surface area contributed by atoms with E-state index >= 15 is 0 Å². The molecule has 1 unspecified atom stereocenters. The molecule has 2 aromatic carbocycles. The van der Waals surface area contributed by atoms with Crippen molar-refractivity contribution in [1.29, 1.82) is 0 Å². The number of benzene rings is 2. The van der Waals surface area contributed by atoms with Crippen molar-refractivity contribution in [3.05, 3.63) is 53.6 Å². The quantitative estimate of drug-likeness (QED) is 0.630. The van der Waals surface area contributed by atoms with Gasteiger partial charge in [0.2, 0.25) is 0 Å². The molecule has 0 fully saturated rings. The molecular formula is C16H20N2O3. The van der Waals surface area contributed by atoms with Crippen molar-refractivity contribution in [1.82, 2.24) is 5.43 Å². The molecule has 0 heterocycles.